The van der Waals surface area contributed by atoms with E-state index in [0.717, 1.165) is 31.6 Å². The fourth-order valence-corrected chi connectivity index (χ4v) is 3.08. The molecule has 0 aliphatic carbocycles. The van der Waals surface area contributed by atoms with E-state index >= 15 is 0 Å². The van der Waals surface area contributed by atoms with Gasteiger partial charge in [0.25, 0.3) is 5.91 Å². The van der Waals surface area contributed by atoms with Gasteiger partial charge in [-0.25, -0.2) is 0 Å². The van der Waals surface area contributed by atoms with E-state index in [4.69, 9.17) is 9.31 Å². The molecule has 0 radical (unpaired) electrons. The fraction of sp³-hybridized carbons (Fsp3) is 0.706. The predicted octanol–water partition coefficient (Wildman–Crippen LogP) is 0.712. The van der Waals surface area contributed by atoms with Gasteiger partial charge in [-0.15, -0.1) is 0 Å². The zero-order chi connectivity index (χ0) is 17.7. The molecule has 132 valence electrons. The van der Waals surface area contributed by atoms with Gasteiger partial charge in [0.2, 0.25) is 0 Å². The van der Waals surface area contributed by atoms with E-state index < -0.39 is 7.12 Å². The van der Waals surface area contributed by atoms with Gasteiger partial charge < -0.3 is 23.7 Å². The highest BCUT2D eigenvalue weighted by atomic mass is 16.7. The first-order valence-electron chi connectivity index (χ1n) is 8.60. The van der Waals surface area contributed by atoms with Crippen LogP contribution in [0.15, 0.2) is 12.3 Å². The molecule has 7 heteroatoms. The lowest BCUT2D eigenvalue weighted by atomic mass is 9.81. The van der Waals surface area contributed by atoms with Crippen molar-refractivity contribution in [3.63, 3.8) is 0 Å². The molecule has 0 spiro atoms. The Balaban J connectivity index is 1.78. The number of carbonyl (C=O) groups excluding carboxylic acids is 1. The summed E-state index contributed by atoms with van der Waals surface area (Å²) in [5.74, 6) is 0.0772. The third-order valence-electron chi connectivity index (χ3n) is 5.56. The molecule has 1 amide bonds. The Labute approximate surface area is 144 Å². The van der Waals surface area contributed by atoms with Gasteiger partial charge in [-0.1, -0.05) is 0 Å². The topological polar surface area (TPSA) is 46.9 Å². The molecule has 3 rings (SSSR count). The highest BCUT2D eigenvalue weighted by Gasteiger charge is 2.52. The van der Waals surface area contributed by atoms with Crippen molar-refractivity contribution in [3.8, 4) is 0 Å². The molecule has 1 aromatic rings. The Kier molecular flexibility index (Phi) is 4.30. The first kappa shape index (κ1) is 17.5. The summed E-state index contributed by atoms with van der Waals surface area (Å²) in [6.45, 7) is 11.5. The van der Waals surface area contributed by atoms with Crippen molar-refractivity contribution in [1.82, 2.24) is 14.4 Å². The Morgan fingerprint density at radius 1 is 1.04 bits per heavy atom. The average Bonchev–Trinajstić information content (AvgIpc) is 2.97. The standard InChI is InChI=1S/C17H28BN3O3/c1-16(2)17(3,4)24-18(23-16)13-11-14(20(6)12-13)15(22)21-9-7-19(5)8-10-21/h11-12H,7-10H2,1-6H3. The van der Waals surface area contributed by atoms with Gasteiger partial charge in [-0.2, -0.15) is 0 Å². The minimum Gasteiger partial charge on any atom is -0.399 e. The summed E-state index contributed by atoms with van der Waals surface area (Å²) in [7, 11) is 3.55. The average molecular weight is 333 g/mol. The molecule has 2 saturated heterocycles. The number of likely N-dealkylation sites (N-methyl/N-ethyl adjacent to an activating group) is 1. The van der Waals surface area contributed by atoms with Crippen molar-refractivity contribution in [2.75, 3.05) is 33.2 Å². The van der Waals surface area contributed by atoms with Crippen molar-refractivity contribution < 1.29 is 14.1 Å². The van der Waals surface area contributed by atoms with Crippen LogP contribution in [0.25, 0.3) is 0 Å². The molecule has 6 nitrogen and oxygen atoms in total. The molecule has 0 bridgehead atoms. The smallest absolute Gasteiger partial charge is 0.399 e. The summed E-state index contributed by atoms with van der Waals surface area (Å²) in [4.78, 5) is 17.0. The molecule has 2 fully saturated rings. The molecular formula is C17H28BN3O3. The zero-order valence-electron chi connectivity index (χ0n) is 15.6. The lowest BCUT2D eigenvalue weighted by Gasteiger charge is -2.32. The third kappa shape index (κ3) is 3.00. The molecule has 0 N–H and O–H groups in total. The molecule has 0 unspecified atom stereocenters. The number of aryl methyl sites for hydroxylation is 1. The van der Waals surface area contributed by atoms with E-state index in [2.05, 4.69) is 11.9 Å². The molecule has 2 aliphatic heterocycles. The fourth-order valence-electron chi connectivity index (χ4n) is 3.08. The number of hydrogen-bond donors (Lipinski definition) is 0. The largest absolute Gasteiger partial charge is 0.496 e. The van der Waals surface area contributed by atoms with Gasteiger partial charge in [0.1, 0.15) is 5.69 Å². The molecule has 2 aliphatic rings. The summed E-state index contributed by atoms with van der Waals surface area (Å²) in [6, 6.07) is 1.91. The number of carbonyl (C=O) groups is 1. The summed E-state index contributed by atoms with van der Waals surface area (Å²) >= 11 is 0. The molecule has 3 heterocycles. The van der Waals surface area contributed by atoms with Gasteiger partial charge in [-0.05, 0) is 40.8 Å². The number of nitrogens with zero attached hydrogens (tertiary/aromatic N) is 3. The number of piperazine rings is 1. The summed E-state index contributed by atoms with van der Waals surface area (Å²) in [6.07, 6.45) is 1.94. The first-order valence-corrected chi connectivity index (χ1v) is 8.60. The van der Waals surface area contributed by atoms with Crippen molar-refractivity contribution >= 4 is 18.5 Å². The van der Waals surface area contributed by atoms with Gasteiger partial charge in [0, 0.05) is 44.9 Å². The predicted molar refractivity (Wildman–Crippen MR) is 94.5 cm³/mol. The second-order valence-electron chi connectivity index (χ2n) is 7.95. The third-order valence-corrected chi connectivity index (χ3v) is 5.56. The Bertz CT molecular complexity index is 617. The highest BCUT2D eigenvalue weighted by molar-refractivity contribution is 6.62. The molecule has 1 aromatic heterocycles. The van der Waals surface area contributed by atoms with E-state index in [1.165, 1.54) is 0 Å². The van der Waals surface area contributed by atoms with Crippen molar-refractivity contribution in [1.29, 1.82) is 0 Å². The van der Waals surface area contributed by atoms with E-state index in [0.29, 0.717) is 5.69 Å². The van der Waals surface area contributed by atoms with Crippen molar-refractivity contribution in [2.45, 2.75) is 38.9 Å². The Morgan fingerprint density at radius 3 is 2.12 bits per heavy atom. The first-order chi connectivity index (χ1) is 11.1. The number of rotatable bonds is 2. The lowest BCUT2D eigenvalue weighted by Crippen LogP contribution is -2.47. The molecule has 0 saturated carbocycles. The Hall–Kier alpha value is -1.31. The van der Waals surface area contributed by atoms with E-state index in [-0.39, 0.29) is 17.1 Å². The maximum Gasteiger partial charge on any atom is 0.496 e. The minimum atomic E-state index is -0.435. The normalized spacial score (nSPS) is 23.8. The van der Waals surface area contributed by atoms with Crippen LogP contribution in [0.3, 0.4) is 0 Å². The number of amides is 1. The summed E-state index contributed by atoms with van der Waals surface area (Å²) < 4.78 is 14.1. The van der Waals surface area contributed by atoms with Crippen LogP contribution in [-0.4, -0.2) is 71.8 Å². The van der Waals surface area contributed by atoms with Crippen LogP contribution in [-0.2, 0) is 16.4 Å². The summed E-state index contributed by atoms with van der Waals surface area (Å²) in [5.41, 5.74) is 0.822. The van der Waals surface area contributed by atoms with Crippen LogP contribution in [0.2, 0.25) is 0 Å². The van der Waals surface area contributed by atoms with Crippen LogP contribution >= 0.6 is 0 Å². The van der Waals surface area contributed by atoms with Crippen molar-refractivity contribution in [2.24, 2.45) is 7.05 Å². The van der Waals surface area contributed by atoms with Crippen LogP contribution in [0.1, 0.15) is 38.2 Å². The number of aromatic nitrogens is 1. The molecule has 0 aromatic carbocycles. The van der Waals surface area contributed by atoms with Gasteiger partial charge >= 0.3 is 7.12 Å². The Morgan fingerprint density at radius 2 is 1.58 bits per heavy atom. The van der Waals surface area contributed by atoms with E-state index in [1.54, 1.807) is 0 Å². The van der Waals surface area contributed by atoms with Crippen LogP contribution in [0, 0.1) is 0 Å². The van der Waals surface area contributed by atoms with Crippen LogP contribution < -0.4 is 5.46 Å². The van der Waals surface area contributed by atoms with Gasteiger partial charge in [0.05, 0.1) is 11.2 Å². The monoisotopic (exact) mass is 333 g/mol. The molecule has 0 atom stereocenters. The van der Waals surface area contributed by atoms with Crippen LogP contribution in [0.4, 0.5) is 0 Å². The molecule has 24 heavy (non-hydrogen) atoms. The van der Waals surface area contributed by atoms with E-state index in [1.807, 2.05) is 56.5 Å². The minimum absolute atomic E-state index is 0.0772. The molecular weight excluding hydrogens is 305 g/mol. The zero-order valence-corrected chi connectivity index (χ0v) is 15.6. The second kappa shape index (κ2) is 5.90. The lowest BCUT2D eigenvalue weighted by molar-refractivity contribution is 0.00578. The SMILES string of the molecule is CN1CCN(C(=O)c2cc(B3OC(C)(C)C(C)(C)O3)cn2C)CC1. The maximum absolute atomic E-state index is 12.8. The van der Waals surface area contributed by atoms with E-state index in [9.17, 15) is 4.79 Å². The maximum atomic E-state index is 12.8. The number of hydrogen-bond acceptors (Lipinski definition) is 4. The van der Waals surface area contributed by atoms with Gasteiger partial charge in [-0.3, -0.25) is 4.79 Å². The second-order valence-corrected chi connectivity index (χ2v) is 7.95. The quantitative estimate of drug-likeness (QED) is 0.748. The highest BCUT2D eigenvalue weighted by Crippen LogP contribution is 2.36. The van der Waals surface area contributed by atoms with Gasteiger partial charge in [0.15, 0.2) is 0 Å². The summed E-state index contributed by atoms with van der Waals surface area (Å²) in [5, 5.41) is 0. The van der Waals surface area contributed by atoms with Crippen LogP contribution in [0.5, 0.6) is 0 Å². The van der Waals surface area contributed by atoms with Crippen molar-refractivity contribution in [3.05, 3.63) is 18.0 Å².